The van der Waals surface area contributed by atoms with E-state index < -0.39 is 5.97 Å². The Hall–Kier alpha value is -3.81. The van der Waals surface area contributed by atoms with Crippen molar-refractivity contribution in [3.63, 3.8) is 0 Å². The Morgan fingerprint density at radius 1 is 1.00 bits per heavy atom. The highest BCUT2D eigenvalue weighted by Crippen LogP contribution is 2.32. The fourth-order valence-corrected chi connectivity index (χ4v) is 4.42. The van der Waals surface area contributed by atoms with E-state index >= 15 is 0 Å². The van der Waals surface area contributed by atoms with Crippen molar-refractivity contribution in [2.24, 2.45) is 0 Å². The van der Waals surface area contributed by atoms with Gasteiger partial charge in [-0.1, -0.05) is 60.1 Å². The van der Waals surface area contributed by atoms with Crippen molar-refractivity contribution in [1.82, 2.24) is 14.8 Å². The Kier molecular flexibility index (Phi) is 6.20. The van der Waals surface area contributed by atoms with Crippen LogP contribution in [-0.4, -0.2) is 25.8 Å². The zero-order chi connectivity index (χ0) is 23.5. The van der Waals surface area contributed by atoms with Crippen LogP contribution in [0.3, 0.4) is 0 Å². The normalized spacial score (nSPS) is 11.7. The maximum Gasteiger partial charge on any atom is 0.342 e. The molecule has 0 spiro atoms. The Labute approximate surface area is 204 Å². The summed E-state index contributed by atoms with van der Waals surface area (Å²) in [5, 5.41) is 19.6. The van der Waals surface area contributed by atoms with Crippen LogP contribution >= 0.6 is 23.4 Å². The lowest BCUT2D eigenvalue weighted by molar-refractivity contribution is -0.131. The number of carboxylic acids is 1. The Bertz CT molecular complexity index is 1490. The van der Waals surface area contributed by atoms with Crippen molar-refractivity contribution in [3.8, 4) is 11.5 Å². The molecule has 34 heavy (non-hydrogen) atoms. The molecule has 5 rings (SSSR count). The average Bonchev–Trinajstić information content (AvgIpc) is 3.45. The van der Waals surface area contributed by atoms with Gasteiger partial charge in [-0.3, -0.25) is 0 Å². The molecule has 0 aliphatic heterocycles. The predicted octanol–water partition coefficient (Wildman–Crippen LogP) is 6.61. The number of aliphatic carboxylic acids is 1. The number of hydrogen-bond acceptors (Lipinski definition) is 5. The number of thioether (sulfide) groups is 1. The Morgan fingerprint density at radius 2 is 1.74 bits per heavy atom. The van der Waals surface area contributed by atoms with Crippen molar-refractivity contribution in [3.05, 3.63) is 106 Å². The van der Waals surface area contributed by atoms with Gasteiger partial charge >= 0.3 is 5.97 Å². The van der Waals surface area contributed by atoms with E-state index in [4.69, 9.17) is 16.0 Å². The first-order valence-electron chi connectivity index (χ1n) is 10.4. The molecule has 0 bridgehead atoms. The Morgan fingerprint density at radius 3 is 2.50 bits per heavy atom. The molecule has 168 valence electrons. The Balaban J connectivity index is 1.47. The first kappa shape index (κ1) is 22.0. The largest absolute Gasteiger partial charge is 0.477 e. The second kappa shape index (κ2) is 9.59. The molecule has 0 saturated heterocycles. The third-order valence-corrected chi connectivity index (χ3v) is 6.31. The second-order valence-electron chi connectivity index (χ2n) is 7.51. The van der Waals surface area contributed by atoms with Gasteiger partial charge < -0.3 is 14.1 Å². The zero-order valence-electron chi connectivity index (χ0n) is 17.8. The number of benzene rings is 3. The SMILES string of the molecule is O=C(O)/C(=C/c1cn(Cc2ccccc2)c2ccccc12)Sc1nnc(-c2ccc(Cl)cc2)o1. The van der Waals surface area contributed by atoms with Crippen LogP contribution in [0.5, 0.6) is 0 Å². The topological polar surface area (TPSA) is 81.1 Å². The summed E-state index contributed by atoms with van der Waals surface area (Å²) in [5.41, 5.74) is 3.69. The highest BCUT2D eigenvalue weighted by molar-refractivity contribution is 8.03. The molecule has 0 radical (unpaired) electrons. The number of aromatic nitrogens is 3. The molecule has 0 saturated carbocycles. The summed E-state index contributed by atoms with van der Waals surface area (Å²) in [5.74, 6) is -0.778. The van der Waals surface area contributed by atoms with Gasteiger partial charge in [0, 0.05) is 39.8 Å². The third-order valence-electron chi connectivity index (χ3n) is 5.21. The summed E-state index contributed by atoms with van der Waals surface area (Å²) in [4.78, 5) is 12.1. The van der Waals surface area contributed by atoms with Gasteiger partial charge in [0.25, 0.3) is 5.22 Å². The fraction of sp³-hybridized carbons (Fsp3) is 0.0385. The van der Waals surface area contributed by atoms with Crippen LogP contribution in [0.2, 0.25) is 5.02 Å². The summed E-state index contributed by atoms with van der Waals surface area (Å²) in [7, 11) is 0. The van der Waals surface area contributed by atoms with Gasteiger partial charge in [-0.15, -0.1) is 10.2 Å². The van der Waals surface area contributed by atoms with Crippen molar-refractivity contribution in [2.75, 3.05) is 0 Å². The van der Waals surface area contributed by atoms with Crippen LogP contribution in [0.25, 0.3) is 28.4 Å². The monoisotopic (exact) mass is 487 g/mol. The summed E-state index contributed by atoms with van der Waals surface area (Å²) in [6, 6.07) is 25.0. The molecule has 3 aromatic carbocycles. The lowest BCUT2D eigenvalue weighted by Gasteiger charge is -2.05. The molecule has 0 aliphatic rings. The smallest absolute Gasteiger partial charge is 0.342 e. The number of nitrogens with zero attached hydrogens (tertiary/aromatic N) is 3. The van der Waals surface area contributed by atoms with E-state index in [0.29, 0.717) is 23.0 Å². The molecule has 5 aromatic rings. The minimum atomic E-state index is -1.07. The van der Waals surface area contributed by atoms with E-state index in [1.807, 2.05) is 48.7 Å². The van der Waals surface area contributed by atoms with Gasteiger partial charge in [0.15, 0.2) is 0 Å². The van der Waals surface area contributed by atoms with E-state index in [1.54, 1.807) is 30.3 Å². The van der Waals surface area contributed by atoms with E-state index in [1.165, 1.54) is 0 Å². The van der Waals surface area contributed by atoms with Crippen LogP contribution in [0.4, 0.5) is 0 Å². The van der Waals surface area contributed by atoms with E-state index in [-0.39, 0.29) is 10.1 Å². The first-order valence-corrected chi connectivity index (χ1v) is 11.6. The van der Waals surface area contributed by atoms with Crippen LogP contribution in [0.15, 0.2) is 99.6 Å². The van der Waals surface area contributed by atoms with E-state index in [9.17, 15) is 9.90 Å². The molecular formula is C26H18ClN3O3S. The quantitative estimate of drug-likeness (QED) is 0.205. The average molecular weight is 488 g/mol. The molecular weight excluding hydrogens is 470 g/mol. The zero-order valence-corrected chi connectivity index (χ0v) is 19.3. The van der Waals surface area contributed by atoms with Crippen LogP contribution in [0, 0.1) is 0 Å². The van der Waals surface area contributed by atoms with Gasteiger partial charge in [-0.2, -0.15) is 0 Å². The summed E-state index contributed by atoms with van der Waals surface area (Å²) in [6.07, 6.45) is 3.61. The summed E-state index contributed by atoms with van der Waals surface area (Å²) < 4.78 is 7.80. The maximum atomic E-state index is 12.1. The summed E-state index contributed by atoms with van der Waals surface area (Å²) >= 11 is 6.85. The molecule has 0 aliphatic carbocycles. The number of rotatable bonds is 7. The maximum absolute atomic E-state index is 12.1. The number of para-hydroxylation sites is 1. The van der Waals surface area contributed by atoms with Gasteiger partial charge in [0.2, 0.25) is 5.89 Å². The van der Waals surface area contributed by atoms with Gasteiger partial charge in [0.05, 0.1) is 0 Å². The molecule has 1 N–H and O–H groups in total. The number of halogens is 1. The molecule has 0 unspecified atom stereocenters. The number of fused-ring (bicyclic) bond motifs is 1. The molecule has 0 amide bonds. The van der Waals surface area contributed by atoms with E-state index in [2.05, 4.69) is 26.9 Å². The second-order valence-corrected chi connectivity index (χ2v) is 8.94. The fourth-order valence-electron chi connectivity index (χ4n) is 3.63. The molecule has 8 heteroatoms. The van der Waals surface area contributed by atoms with E-state index in [0.717, 1.165) is 33.8 Å². The number of hydrogen-bond donors (Lipinski definition) is 1. The van der Waals surface area contributed by atoms with Crippen molar-refractivity contribution in [2.45, 2.75) is 11.8 Å². The highest BCUT2D eigenvalue weighted by Gasteiger charge is 2.17. The minimum Gasteiger partial charge on any atom is -0.477 e. The molecule has 0 fully saturated rings. The van der Waals surface area contributed by atoms with Crippen LogP contribution in [-0.2, 0) is 11.3 Å². The van der Waals surface area contributed by atoms with Crippen LogP contribution in [0.1, 0.15) is 11.1 Å². The molecule has 0 atom stereocenters. The molecule has 6 nitrogen and oxygen atoms in total. The van der Waals surface area contributed by atoms with Crippen molar-refractivity contribution in [1.29, 1.82) is 0 Å². The molecule has 2 heterocycles. The van der Waals surface area contributed by atoms with Gasteiger partial charge in [-0.25, -0.2) is 4.79 Å². The first-order chi connectivity index (χ1) is 16.6. The van der Waals surface area contributed by atoms with Gasteiger partial charge in [-0.05, 0) is 53.7 Å². The number of carbonyl (C=O) groups is 1. The molecule has 2 aromatic heterocycles. The van der Waals surface area contributed by atoms with Crippen molar-refractivity contribution >= 4 is 46.3 Å². The minimum absolute atomic E-state index is 0.0777. The third kappa shape index (κ3) is 4.76. The number of carboxylic acid groups (broad SMARTS) is 1. The summed E-state index contributed by atoms with van der Waals surface area (Å²) in [6.45, 7) is 0.679. The highest BCUT2D eigenvalue weighted by atomic mass is 35.5. The lowest BCUT2D eigenvalue weighted by atomic mass is 10.1. The predicted molar refractivity (Wildman–Crippen MR) is 134 cm³/mol. The van der Waals surface area contributed by atoms with Crippen LogP contribution < -0.4 is 0 Å². The lowest BCUT2D eigenvalue weighted by Crippen LogP contribution is -1.97. The van der Waals surface area contributed by atoms with Crippen molar-refractivity contribution < 1.29 is 14.3 Å². The van der Waals surface area contributed by atoms with Gasteiger partial charge in [0.1, 0.15) is 4.91 Å². The standard InChI is InChI=1S/C26H18ClN3O3S/c27-20-12-10-18(11-13-20)24-28-29-26(33-24)34-23(25(31)32)14-19-16-30(15-17-6-2-1-3-7-17)22-9-5-4-8-21(19)22/h1-14,16H,15H2,(H,31,32)/b23-14-.